The smallest absolute Gasteiger partial charge is 0.272 e. The lowest BCUT2D eigenvalue weighted by atomic mass is 9.85. The van der Waals surface area contributed by atoms with Gasteiger partial charge in [0.1, 0.15) is 12.4 Å². The van der Waals surface area contributed by atoms with Crippen LogP contribution in [0.4, 0.5) is 20.2 Å². The van der Waals surface area contributed by atoms with Crippen LogP contribution in [-0.2, 0) is 20.0 Å². The number of halogens is 2. The van der Waals surface area contributed by atoms with Crippen LogP contribution in [0.5, 0.6) is 5.75 Å². The van der Waals surface area contributed by atoms with Gasteiger partial charge in [0.15, 0.2) is 9.84 Å². The van der Waals surface area contributed by atoms with Gasteiger partial charge in [0.25, 0.3) is 12.3 Å². The first-order valence-corrected chi connectivity index (χ1v) is 12.7. The summed E-state index contributed by atoms with van der Waals surface area (Å²) in [6, 6.07) is 11.2. The average molecular weight is 493 g/mol. The maximum Gasteiger partial charge on any atom is 0.272 e. The average Bonchev–Trinajstić information content (AvgIpc) is 3.15. The van der Waals surface area contributed by atoms with Crippen molar-refractivity contribution in [1.82, 2.24) is 5.32 Å². The Hall–Kier alpha value is -3.01. The summed E-state index contributed by atoms with van der Waals surface area (Å²) in [6.07, 6.45) is -2.28. The maximum atomic E-state index is 13.3. The highest BCUT2D eigenvalue weighted by Gasteiger charge is 2.45. The molecule has 0 unspecified atom stereocenters. The van der Waals surface area contributed by atoms with E-state index in [-0.39, 0.29) is 23.2 Å². The van der Waals surface area contributed by atoms with E-state index < -0.39 is 39.7 Å². The van der Waals surface area contributed by atoms with E-state index in [2.05, 4.69) is 5.32 Å². The van der Waals surface area contributed by atoms with Crippen molar-refractivity contribution in [2.24, 2.45) is 0 Å². The largest absolute Gasteiger partial charge is 0.488 e. The highest BCUT2D eigenvalue weighted by Crippen LogP contribution is 2.46. The third kappa shape index (κ3) is 4.51. The fourth-order valence-electron chi connectivity index (χ4n) is 4.46. The first-order chi connectivity index (χ1) is 15.8. The van der Waals surface area contributed by atoms with Gasteiger partial charge >= 0.3 is 0 Å². The normalized spacial score (nSPS) is 22.6. The highest BCUT2D eigenvalue weighted by molar-refractivity contribution is 7.91. The molecule has 0 radical (unpaired) electrons. The van der Waals surface area contributed by atoms with Crippen LogP contribution in [0, 0.1) is 0 Å². The third-order valence-corrected chi connectivity index (χ3v) is 8.18. The highest BCUT2D eigenvalue weighted by atomic mass is 32.2. The molecule has 1 fully saturated rings. The first kappa shape index (κ1) is 24.1. The molecule has 1 atom stereocenters. The number of ether oxygens (including phenoxy) is 1. The number of alkyl halides is 2. The number of anilines is 2. The van der Waals surface area contributed by atoms with Crippen molar-refractivity contribution in [2.75, 3.05) is 23.0 Å². The number of fused-ring (bicyclic) bond motifs is 1. The summed E-state index contributed by atoms with van der Waals surface area (Å²) in [5, 5.41) is 2.84. The minimum absolute atomic E-state index is 0.0323. The van der Waals surface area contributed by atoms with Crippen molar-refractivity contribution in [1.29, 1.82) is 0 Å². The molecule has 0 saturated carbocycles. The molecule has 1 N–H and O–H groups in total. The first-order valence-electron chi connectivity index (χ1n) is 10.8. The number of rotatable bonds is 6. The summed E-state index contributed by atoms with van der Waals surface area (Å²) >= 11 is 0. The Morgan fingerprint density at radius 1 is 1.18 bits per heavy atom. The molecule has 0 aliphatic carbocycles. The zero-order valence-electron chi connectivity index (χ0n) is 19.1. The van der Waals surface area contributed by atoms with Crippen molar-refractivity contribution in [2.45, 2.75) is 44.6 Å². The number of hydrogen-bond donors (Lipinski definition) is 1. The van der Waals surface area contributed by atoms with Crippen LogP contribution in [0.2, 0.25) is 0 Å². The fraction of sp³-hybridized carbons (Fsp3) is 0.417. The second-order valence-electron chi connectivity index (χ2n) is 9.55. The van der Waals surface area contributed by atoms with Gasteiger partial charge in [-0.25, -0.2) is 17.2 Å². The summed E-state index contributed by atoms with van der Waals surface area (Å²) < 4.78 is 53.9. The minimum atomic E-state index is -3.19. The van der Waals surface area contributed by atoms with Crippen LogP contribution < -0.4 is 15.0 Å². The Morgan fingerprint density at radius 2 is 1.91 bits per heavy atom. The molecule has 7 nitrogen and oxygen atoms in total. The van der Waals surface area contributed by atoms with Crippen LogP contribution >= 0.6 is 0 Å². The predicted octanol–water partition coefficient (Wildman–Crippen LogP) is 3.59. The SMILES string of the molecule is CC1(C)C(=O)N(c2cccc(OCC(F)F)c2)c2ccc(C(=O)N[C@]3(C)CCS(=O)(=O)C3)cc21. The van der Waals surface area contributed by atoms with E-state index in [1.807, 2.05) is 0 Å². The number of benzene rings is 2. The molecule has 0 aromatic heterocycles. The third-order valence-electron chi connectivity index (χ3n) is 6.28. The molecular weight excluding hydrogens is 466 g/mol. The van der Waals surface area contributed by atoms with Crippen molar-refractivity contribution in [3.63, 3.8) is 0 Å². The minimum Gasteiger partial charge on any atom is -0.488 e. The second kappa shape index (κ2) is 8.33. The number of nitrogens with zero attached hydrogens (tertiary/aromatic N) is 1. The molecule has 4 rings (SSSR count). The molecule has 1 saturated heterocycles. The van der Waals surface area contributed by atoms with E-state index in [9.17, 15) is 26.8 Å². The Kier molecular flexibility index (Phi) is 5.91. The van der Waals surface area contributed by atoms with Gasteiger partial charge in [-0.05, 0) is 63.1 Å². The molecule has 2 aliphatic rings. The number of sulfone groups is 1. The maximum absolute atomic E-state index is 13.3. The van der Waals surface area contributed by atoms with E-state index in [0.717, 1.165) is 0 Å². The number of hydrogen-bond acceptors (Lipinski definition) is 5. The fourth-order valence-corrected chi connectivity index (χ4v) is 6.55. The lowest BCUT2D eigenvalue weighted by molar-refractivity contribution is -0.121. The molecule has 182 valence electrons. The monoisotopic (exact) mass is 492 g/mol. The standard InChI is InChI=1S/C24H26F2N2O5S/c1-23(2)18-11-15(21(29)27-24(3)9-10-34(31,32)14-24)7-8-19(18)28(22(23)30)16-5-4-6-17(12-16)33-13-20(25)26/h4-8,11-12,20H,9-10,13-14H2,1-3H3,(H,27,29)/t24-/m1/s1. The van der Waals surface area contributed by atoms with Gasteiger partial charge in [0.05, 0.1) is 33.8 Å². The van der Waals surface area contributed by atoms with Crippen LogP contribution in [0.15, 0.2) is 42.5 Å². The molecule has 34 heavy (non-hydrogen) atoms. The van der Waals surface area contributed by atoms with Crippen LogP contribution in [0.25, 0.3) is 0 Å². The van der Waals surface area contributed by atoms with E-state index in [0.29, 0.717) is 28.9 Å². The molecule has 2 aromatic carbocycles. The molecule has 2 heterocycles. The van der Waals surface area contributed by atoms with Gasteiger partial charge in [-0.2, -0.15) is 0 Å². The summed E-state index contributed by atoms with van der Waals surface area (Å²) in [7, 11) is -3.19. The quantitative estimate of drug-likeness (QED) is 0.665. The topological polar surface area (TPSA) is 92.8 Å². The lowest BCUT2D eigenvalue weighted by Gasteiger charge is -2.24. The van der Waals surface area contributed by atoms with E-state index in [4.69, 9.17) is 4.74 Å². The molecular formula is C24H26F2N2O5S. The lowest BCUT2D eigenvalue weighted by Crippen LogP contribution is -2.46. The van der Waals surface area contributed by atoms with Crippen molar-refractivity contribution >= 4 is 33.0 Å². The van der Waals surface area contributed by atoms with Gasteiger partial charge in [-0.15, -0.1) is 0 Å². The summed E-state index contributed by atoms with van der Waals surface area (Å²) in [5.74, 6) is -0.512. The van der Waals surface area contributed by atoms with Gasteiger partial charge in [0.2, 0.25) is 5.91 Å². The Morgan fingerprint density at radius 3 is 2.56 bits per heavy atom. The van der Waals surface area contributed by atoms with E-state index in [1.165, 1.54) is 17.0 Å². The molecule has 10 heteroatoms. The number of nitrogens with one attached hydrogen (secondary N) is 1. The van der Waals surface area contributed by atoms with Crippen LogP contribution in [0.3, 0.4) is 0 Å². The Bertz CT molecular complexity index is 1260. The summed E-state index contributed by atoms with van der Waals surface area (Å²) in [5.41, 5.74) is 0.197. The van der Waals surface area contributed by atoms with Gasteiger partial charge < -0.3 is 10.1 Å². The van der Waals surface area contributed by atoms with Gasteiger partial charge in [-0.1, -0.05) is 6.07 Å². The number of amides is 2. The van der Waals surface area contributed by atoms with Crippen molar-refractivity contribution in [3.05, 3.63) is 53.6 Å². The number of carbonyl (C=O) groups excluding carboxylic acids is 2. The molecule has 0 spiro atoms. The summed E-state index contributed by atoms with van der Waals surface area (Å²) in [6.45, 7) is 4.45. The van der Waals surface area contributed by atoms with Crippen LogP contribution in [-0.4, -0.2) is 50.3 Å². The van der Waals surface area contributed by atoms with Crippen molar-refractivity contribution < 1.29 is 31.5 Å². The van der Waals surface area contributed by atoms with E-state index >= 15 is 0 Å². The molecule has 2 amide bonds. The summed E-state index contributed by atoms with van der Waals surface area (Å²) in [4.78, 5) is 27.8. The van der Waals surface area contributed by atoms with Gasteiger partial charge in [0, 0.05) is 11.6 Å². The Balaban J connectivity index is 1.64. The molecule has 0 bridgehead atoms. The predicted molar refractivity (Wildman–Crippen MR) is 124 cm³/mol. The zero-order valence-corrected chi connectivity index (χ0v) is 19.9. The van der Waals surface area contributed by atoms with Crippen LogP contribution in [0.1, 0.15) is 43.1 Å². The second-order valence-corrected chi connectivity index (χ2v) is 11.7. The Labute approximate surface area is 197 Å². The van der Waals surface area contributed by atoms with E-state index in [1.54, 1.807) is 51.1 Å². The zero-order chi connectivity index (χ0) is 24.9. The van der Waals surface area contributed by atoms with Crippen molar-refractivity contribution in [3.8, 4) is 5.75 Å². The molecule has 2 aromatic rings. The number of carbonyl (C=O) groups is 2. The molecule has 2 aliphatic heterocycles. The van der Waals surface area contributed by atoms with Gasteiger partial charge in [-0.3, -0.25) is 14.5 Å².